The molecule has 2 aromatic rings. The first kappa shape index (κ1) is 16.6. The summed E-state index contributed by atoms with van der Waals surface area (Å²) in [5.41, 5.74) is 1.91. The Morgan fingerprint density at radius 3 is 2.29 bits per heavy atom. The molecule has 2 N–H and O–H groups in total. The van der Waals surface area contributed by atoms with E-state index in [1.54, 1.807) is 12.1 Å². The van der Waals surface area contributed by atoms with E-state index in [1.165, 1.54) is 0 Å². The van der Waals surface area contributed by atoms with Crippen LogP contribution in [-0.4, -0.2) is 17.8 Å². The van der Waals surface area contributed by atoms with Gasteiger partial charge in [-0.1, -0.05) is 65.1 Å². The third-order valence-corrected chi connectivity index (χ3v) is 4.45. The van der Waals surface area contributed by atoms with E-state index in [2.05, 4.69) is 5.32 Å². The number of halogens is 3. The van der Waals surface area contributed by atoms with Gasteiger partial charge in [0.2, 0.25) is 0 Å². The zero-order chi connectivity index (χ0) is 15.2. The first-order valence-corrected chi connectivity index (χ1v) is 7.75. The van der Waals surface area contributed by atoms with Crippen molar-refractivity contribution in [2.75, 3.05) is 6.61 Å². The lowest BCUT2D eigenvalue weighted by atomic mass is 10.1. The largest absolute Gasteiger partial charge is 0.395 e. The minimum atomic E-state index is -0.0708. The van der Waals surface area contributed by atoms with Gasteiger partial charge in [0.05, 0.1) is 16.7 Å². The molecular formula is C16H16Cl3NO. The molecule has 0 aliphatic carbocycles. The third-order valence-electron chi connectivity index (χ3n) is 3.25. The molecule has 1 unspecified atom stereocenters. The van der Waals surface area contributed by atoms with Crippen LogP contribution in [0.2, 0.25) is 15.1 Å². The van der Waals surface area contributed by atoms with Crippen molar-refractivity contribution in [3.63, 3.8) is 0 Å². The SMILES string of the molecule is OCC(Cc1ccccc1)NCc1c(Cl)ccc(Cl)c1Cl. The quantitative estimate of drug-likeness (QED) is 0.764. The van der Waals surface area contributed by atoms with E-state index < -0.39 is 0 Å². The van der Waals surface area contributed by atoms with E-state index >= 15 is 0 Å². The van der Waals surface area contributed by atoms with Crippen molar-refractivity contribution < 1.29 is 5.11 Å². The Labute approximate surface area is 139 Å². The fourth-order valence-corrected chi connectivity index (χ4v) is 2.76. The van der Waals surface area contributed by atoms with Crippen LogP contribution in [0.4, 0.5) is 0 Å². The zero-order valence-corrected chi connectivity index (χ0v) is 13.6. The van der Waals surface area contributed by atoms with Crippen molar-refractivity contribution in [2.45, 2.75) is 19.0 Å². The molecular weight excluding hydrogens is 329 g/mol. The number of aliphatic hydroxyl groups is 1. The highest BCUT2D eigenvalue weighted by Gasteiger charge is 2.13. The van der Waals surface area contributed by atoms with Crippen LogP contribution >= 0.6 is 34.8 Å². The molecule has 2 aromatic carbocycles. The second kappa shape index (κ2) is 8.02. The van der Waals surface area contributed by atoms with Crippen LogP contribution in [0, 0.1) is 0 Å². The van der Waals surface area contributed by atoms with Crippen molar-refractivity contribution in [3.05, 3.63) is 68.7 Å². The molecule has 0 radical (unpaired) electrons. The van der Waals surface area contributed by atoms with Crippen molar-refractivity contribution in [1.82, 2.24) is 5.32 Å². The van der Waals surface area contributed by atoms with E-state index in [0.717, 1.165) is 17.5 Å². The molecule has 0 saturated carbocycles. The van der Waals surface area contributed by atoms with E-state index in [-0.39, 0.29) is 12.6 Å². The van der Waals surface area contributed by atoms with Crippen molar-refractivity contribution >= 4 is 34.8 Å². The molecule has 2 nitrogen and oxygen atoms in total. The Morgan fingerprint density at radius 1 is 0.952 bits per heavy atom. The van der Waals surface area contributed by atoms with Gasteiger partial charge in [0.25, 0.3) is 0 Å². The summed E-state index contributed by atoms with van der Waals surface area (Å²) in [6.07, 6.45) is 0.729. The summed E-state index contributed by atoms with van der Waals surface area (Å²) < 4.78 is 0. The Kier molecular flexibility index (Phi) is 6.34. The topological polar surface area (TPSA) is 32.3 Å². The smallest absolute Gasteiger partial charge is 0.0652 e. The summed E-state index contributed by atoms with van der Waals surface area (Å²) in [6, 6.07) is 13.3. The van der Waals surface area contributed by atoms with Crippen LogP contribution < -0.4 is 5.32 Å². The van der Waals surface area contributed by atoms with Gasteiger partial charge in [-0.15, -0.1) is 0 Å². The Hall–Kier alpha value is -0.770. The predicted molar refractivity (Wildman–Crippen MR) is 89.3 cm³/mol. The molecule has 0 fully saturated rings. The molecule has 0 bridgehead atoms. The highest BCUT2D eigenvalue weighted by Crippen LogP contribution is 2.31. The first-order chi connectivity index (χ1) is 10.1. The molecule has 112 valence electrons. The zero-order valence-electron chi connectivity index (χ0n) is 11.3. The summed E-state index contributed by atoms with van der Waals surface area (Å²) in [6.45, 7) is 0.487. The van der Waals surface area contributed by atoms with Gasteiger partial charge in [-0.25, -0.2) is 0 Å². The van der Waals surface area contributed by atoms with Gasteiger partial charge in [-0.05, 0) is 24.1 Å². The van der Waals surface area contributed by atoms with Gasteiger partial charge in [0, 0.05) is 23.2 Å². The normalized spacial score (nSPS) is 12.4. The van der Waals surface area contributed by atoms with Gasteiger partial charge in [0.1, 0.15) is 0 Å². The van der Waals surface area contributed by atoms with Gasteiger partial charge in [-0.3, -0.25) is 0 Å². The highest BCUT2D eigenvalue weighted by atomic mass is 35.5. The number of nitrogens with one attached hydrogen (secondary N) is 1. The van der Waals surface area contributed by atoms with E-state index in [0.29, 0.717) is 21.6 Å². The number of aliphatic hydroxyl groups excluding tert-OH is 1. The molecule has 0 saturated heterocycles. The molecule has 0 heterocycles. The maximum Gasteiger partial charge on any atom is 0.0652 e. The van der Waals surface area contributed by atoms with Gasteiger partial charge in [0.15, 0.2) is 0 Å². The van der Waals surface area contributed by atoms with Crippen LogP contribution in [0.25, 0.3) is 0 Å². The van der Waals surface area contributed by atoms with Crippen molar-refractivity contribution in [3.8, 4) is 0 Å². The van der Waals surface area contributed by atoms with Gasteiger partial charge < -0.3 is 10.4 Å². The lowest BCUT2D eigenvalue weighted by Crippen LogP contribution is -2.34. The summed E-state index contributed by atoms with van der Waals surface area (Å²) in [4.78, 5) is 0. The molecule has 5 heteroatoms. The van der Waals surface area contributed by atoms with E-state index in [4.69, 9.17) is 34.8 Å². The van der Waals surface area contributed by atoms with Crippen LogP contribution in [0.3, 0.4) is 0 Å². The number of benzene rings is 2. The standard InChI is InChI=1S/C16H16Cl3NO/c17-14-6-7-15(18)16(19)13(14)9-20-12(10-21)8-11-4-2-1-3-5-11/h1-7,12,20-21H,8-10H2. The van der Waals surface area contributed by atoms with Crippen LogP contribution in [-0.2, 0) is 13.0 Å². The molecule has 0 aromatic heterocycles. The maximum absolute atomic E-state index is 9.50. The monoisotopic (exact) mass is 343 g/mol. The van der Waals surface area contributed by atoms with Crippen LogP contribution in [0.5, 0.6) is 0 Å². The predicted octanol–water partition coefficient (Wildman–Crippen LogP) is 4.34. The van der Waals surface area contributed by atoms with Crippen LogP contribution in [0.1, 0.15) is 11.1 Å². The average molecular weight is 345 g/mol. The lowest BCUT2D eigenvalue weighted by Gasteiger charge is -2.18. The molecule has 21 heavy (non-hydrogen) atoms. The Morgan fingerprint density at radius 2 is 1.62 bits per heavy atom. The highest BCUT2D eigenvalue weighted by molar-refractivity contribution is 6.44. The molecule has 0 aliphatic rings. The Balaban J connectivity index is 2.02. The molecule has 2 rings (SSSR count). The second-order valence-corrected chi connectivity index (χ2v) is 5.96. The summed E-state index contributed by atoms with van der Waals surface area (Å²) in [7, 11) is 0. The number of hydrogen-bond donors (Lipinski definition) is 2. The minimum absolute atomic E-state index is 0.0324. The number of rotatable bonds is 6. The fourth-order valence-electron chi connectivity index (χ4n) is 2.08. The minimum Gasteiger partial charge on any atom is -0.395 e. The maximum atomic E-state index is 9.50. The molecule has 0 amide bonds. The first-order valence-electron chi connectivity index (χ1n) is 6.62. The lowest BCUT2D eigenvalue weighted by molar-refractivity contribution is 0.241. The number of hydrogen-bond acceptors (Lipinski definition) is 2. The van der Waals surface area contributed by atoms with Crippen molar-refractivity contribution in [1.29, 1.82) is 0 Å². The van der Waals surface area contributed by atoms with E-state index in [1.807, 2.05) is 30.3 Å². The summed E-state index contributed by atoms with van der Waals surface area (Å²) in [5, 5.41) is 14.3. The third kappa shape index (κ3) is 4.60. The molecule has 0 aliphatic heterocycles. The Bertz CT molecular complexity index is 590. The second-order valence-electron chi connectivity index (χ2n) is 4.77. The fraction of sp³-hybridized carbons (Fsp3) is 0.250. The average Bonchev–Trinajstić information content (AvgIpc) is 2.51. The van der Waals surface area contributed by atoms with E-state index in [9.17, 15) is 5.11 Å². The van der Waals surface area contributed by atoms with Crippen LogP contribution in [0.15, 0.2) is 42.5 Å². The van der Waals surface area contributed by atoms with Gasteiger partial charge >= 0.3 is 0 Å². The van der Waals surface area contributed by atoms with Gasteiger partial charge in [-0.2, -0.15) is 0 Å². The molecule has 0 spiro atoms. The summed E-state index contributed by atoms with van der Waals surface area (Å²) in [5.74, 6) is 0. The summed E-state index contributed by atoms with van der Waals surface area (Å²) >= 11 is 18.3. The molecule has 1 atom stereocenters. The van der Waals surface area contributed by atoms with Crippen molar-refractivity contribution in [2.24, 2.45) is 0 Å².